The van der Waals surface area contributed by atoms with Gasteiger partial charge < -0.3 is 19.4 Å². The summed E-state index contributed by atoms with van der Waals surface area (Å²) in [6.07, 6.45) is -4.34. The maximum absolute atomic E-state index is 13.0. The Morgan fingerprint density at radius 3 is 2.26 bits per heavy atom. The molecule has 0 radical (unpaired) electrons. The maximum atomic E-state index is 13.0. The molecule has 0 saturated carbocycles. The molecule has 1 saturated heterocycles. The number of aromatic amines is 1. The number of rotatable bonds is 5. The van der Waals surface area contributed by atoms with Crippen LogP contribution in [0, 0.1) is 0 Å². The van der Waals surface area contributed by atoms with Crippen LogP contribution in [0.5, 0.6) is 5.75 Å². The second kappa shape index (κ2) is 12.7. The van der Waals surface area contributed by atoms with Crippen molar-refractivity contribution in [2.45, 2.75) is 16.7 Å². The molecule has 0 amide bonds. The van der Waals surface area contributed by atoms with E-state index in [2.05, 4.69) is 26.2 Å². The summed E-state index contributed by atoms with van der Waals surface area (Å²) < 4.78 is 47.6. The monoisotopic (exact) mass is 616 g/mol. The van der Waals surface area contributed by atoms with E-state index in [9.17, 15) is 22.8 Å². The SMILES string of the molecule is COc1ccc2c(c1)[nH]c(=O)n2CCN1CCN(c2cccc(C(F)(F)F)c2)CC1.O=C(Cl)OC(Cl)(Cl)Cl. The molecule has 2 aromatic carbocycles. The van der Waals surface area contributed by atoms with Gasteiger partial charge in [0.2, 0.25) is 0 Å². The lowest BCUT2D eigenvalue weighted by Crippen LogP contribution is -2.47. The normalized spacial score (nSPS) is 14.7. The number of piperazine rings is 1. The van der Waals surface area contributed by atoms with Gasteiger partial charge in [-0.3, -0.25) is 9.47 Å². The van der Waals surface area contributed by atoms with Crippen LogP contribution in [0.25, 0.3) is 11.0 Å². The standard InChI is InChI=1S/C21H23F3N4O2.C2Cl4O2/c1-30-17-5-6-19-18(14-17)25-20(29)28(19)12-9-26-7-10-27(11-8-26)16-4-2-3-15(13-16)21(22,23)24;3-1(7)8-2(4,5)6/h2-6,13-14H,7-12H2,1H3,(H,25,29);. The van der Waals surface area contributed by atoms with Crippen molar-refractivity contribution < 1.29 is 27.4 Å². The van der Waals surface area contributed by atoms with Gasteiger partial charge in [0, 0.05) is 62.6 Å². The van der Waals surface area contributed by atoms with Crippen molar-refractivity contribution in [3.8, 4) is 5.75 Å². The number of fused-ring (bicyclic) bond motifs is 1. The van der Waals surface area contributed by atoms with Crippen molar-refractivity contribution in [1.82, 2.24) is 14.5 Å². The van der Waals surface area contributed by atoms with Crippen LogP contribution in [0.3, 0.4) is 0 Å². The number of nitrogens with zero attached hydrogens (tertiary/aromatic N) is 3. The third-order valence-electron chi connectivity index (χ3n) is 5.73. The molecule has 0 bridgehead atoms. The summed E-state index contributed by atoms with van der Waals surface area (Å²) in [6.45, 7) is 3.95. The molecule has 8 nitrogen and oxygen atoms in total. The van der Waals surface area contributed by atoms with Crippen LogP contribution in [0.15, 0.2) is 47.3 Å². The minimum Gasteiger partial charge on any atom is -0.497 e. The Kier molecular flexibility index (Phi) is 10.1. The highest BCUT2D eigenvalue weighted by molar-refractivity contribution is 6.69. The molecular weight excluding hydrogens is 595 g/mol. The number of imidazole rings is 1. The fourth-order valence-electron chi connectivity index (χ4n) is 3.93. The van der Waals surface area contributed by atoms with Crippen LogP contribution in [0.4, 0.5) is 23.7 Å². The number of benzene rings is 2. The van der Waals surface area contributed by atoms with E-state index >= 15 is 0 Å². The molecule has 208 valence electrons. The van der Waals surface area contributed by atoms with E-state index in [1.165, 1.54) is 12.1 Å². The van der Waals surface area contributed by atoms with Crippen molar-refractivity contribution in [2.24, 2.45) is 0 Å². The Bertz CT molecular complexity index is 1300. The smallest absolute Gasteiger partial charge is 0.416 e. The van der Waals surface area contributed by atoms with Crippen molar-refractivity contribution >= 4 is 68.6 Å². The summed E-state index contributed by atoms with van der Waals surface area (Å²) in [7, 11) is 1.58. The predicted molar refractivity (Wildman–Crippen MR) is 142 cm³/mol. The number of aromatic nitrogens is 2. The number of halogens is 7. The van der Waals surface area contributed by atoms with Crippen LogP contribution in [-0.4, -0.2) is 63.7 Å². The van der Waals surface area contributed by atoms with Gasteiger partial charge in [-0.2, -0.15) is 13.2 Å². The van der Waals surface area contributed by atoms with Gasteiger partial charge in [0.05, 0.1) is 23.7 Å². The Hall–Kier alpha value is -2.31. The van der Waals surface area contributed by atoms with E-state index in [1.807, 2.05) is 17.0 Å². The fraction of sp³-hybridized carbons (Fsp3) is 0.391. The molecule has 3 aromatic rings. The van der Waals surface area contributed by atoms with Crippen LogP contribution in [-0.2, 0) is 17.5 Å². The first kappa shape index (κ1) is 30.2. The molecule has 0 aliphatic carbocycles. The molecule has 1 N–H and O–H groups in total. The van der Waals surface area contributed by atoms with Crippen molar-refractivity contribution in [3.05, 3.63) is 58.5 Å². The Balaban J connectivity index is 0.000000436. The molecule has 15 heteroatoms. The van der Waals surface area contributed by atoms with Crippen molar-refractivity contribution in [3.63, 3.8) is 0 Å². The lowest BCUT2D eigenvalue weighted by atomic mass is 10.1. The number of anilines is 1. The largest absolute Gasteiger partial charge is 0.497 e. The zero-order chi connectivity index (χ0) is 28.1. The first-order chi connectivity index (χ1) is 17.8. The molecule has 1 aliphatic rings. The van der Waals surface area contributed by atoms with Gasteiger partial charge in [0.15, 0.2) is 0 Å². The Morgan fingerprint density at radius 2 is 1.71 bits per heavy atom. The minimum absolute atomic E-state index is 0.166. The van der Waals surface area contributed by atoms with Gasteiger partial charge in [-0.25, -0.2) is 9.59 Å². The van der Waals surface area contributed by atoms with Gasteiger partial charge in [-0.1, -0.05) is 6.07 Å². The van der Waals surface area contributed by atoms with E-state index < -0.39 is 21.1 Å². The van der Waals surface area contributed by atoms with Crippen molar-refractivity contribution in [1.29, 1.82) is 0 Å². The second-order valence-corrected chi connectivity index (χ2v) is 10.6. The number of nitrogens with one attached hydrogen (secondary N) is 1. The van der Waals surface area contributed by atoms with Crippen molar-refractivity contribution in [2.75, 3.05) is 44.7 Å². The maximum Gasteiger partial charge on any atom is 0.416 e. The van der Waals surface area contributed by atoms with Crippen LogP contribution < -0.4 is 15.3 Å². The van der Waals surface area contributed by atoms with Gasteiger partial charge in [-0.15, -0.1) is 0 Å². The fourth-order valence-corrected chi connectivity index (χ4v) is 4.38. The summed E-state index contributed by atoms with van der Waals surface area (Å²) in [5.41, 5.74) is 0.201. The van der Waals surface area contributed by atoms with Gasteiger partial charge in [0.25, 0.3) is 0 Å². The number of hydrogen-bond donors (Lipinski definition) is 1. The number of ether oxygens (including phenoxy) is 2. The van der Waals surface area contributed by atoms with Gasteiger partial charge >= 0.3 is 21.3 Å². The van der Waals surface area contributed by atoms with E-state index in [0.717, 1.165) is 30.2 Å². The quantitative estimate of drug-likeness (QED) is 0.285. The third-order valence-corrected chi connectivity index (χ3v) is 6.04. The predicted octanol–water partition coefficient (Wildman–Crippen LogP) is 5.87. The molecule has 1 aliphatic heterocycles. The first-order valence-electron chi connectivity index (χ1n) is 11.1. The highest BCUT2D eigenvalue weighted by atomic mass is 35.6. The highest BCUT2D eigenvalue weighted by Crippen LogP contribution is 2.32. The molecule has 0 spiro atoms. The number of carbonyl (C=O) groups excluding carboxylic acids is 1. The average molecular weight is 618 g/mol. The molecule has 1 aromatic heterocycles. The Labute approximate surface area is 235 Å². The number of carbonyl (C=O) groups is 1. The van der Waals surface area contributed by atoms with Crippen LogP contribution in [0.2, 0.25) is 0 Å². The highest BCUT2D eigenvalue weighted by Gasteiger charge is 2.31. The van der Waals surface area contributed by atoms with E-state index in [0.29, 0.717) is 37.6 Å². The van der Waals surface area contributed by atoms with E-state index in [4.69, 9.17) is 39.5 Å². The minimum atomic E-state index is -4.34. The molecule has 0 atom stereocenters. The molecule has 0 unspecified atom stereocenters. The molecule has 2 heterocycles. The topological polar surface area (TPSA) is 79.8 Å². The first-order valence-corrected chi connectivity index (χ1v) is 12.6. The van der Waals surface area contributed by atoms with E-state index in [1.54, 1.807) is 23.8 Å². The summed E-state index contributed by atoms with van der Waals surface area (Å²) in [4.78, 5) is 29.1. The lowest BCUT2D eigenvalue weighted by molar-refractivity contribution is -0.137. The second-order valence-electron chi connectivity index (χ2n) is 8.13. The molecule has 1 fully saturated rings. The van der Waals surface area contributed by atoms with Crippen LogP contribution in [0.1, 0.15) is 5.56 Å². The van der Waals surface area contributed by atoms with Gasteiger partial charge in [-0.05, 0) is 65.1 Å². The molecule has 38 heavy (non-hydrogen) atoms. The van der Waals surface area contributed by atoms with E-state index in [-0.39, 0.29) is 5.69 Å². The summed E-state index contributed by atoms with van der Waals surface area (Å²) in [5.74, 6) is 0.682. The molecule has 4 rings (SSSR count). The zero-order valence-corrected chi connectivity index (χ0v) is 22.9. The lowest BCUT2D eigenvalue weighted by Gasteiger charge is -2.36. The number of H-pyrrole nitrogens is 1. The average Bonchev–Trinajstić information content (AvgIpc) is 3.15. The summed E-state index contributed by atoms with van der Waals surface area (Å²) in [6, 6.07) is 10.9. The third kappa shape index (κ3) is 8.60. The number of alkyl halides is 6. The summed E-state index contributed by atoms with van der Waals surface area (Å²) >= 11 is 19.4. The zero-order valence-electron chi connectivity index (χ0n) is 19.9. The van der Waals surface area contributed by atoms with Gasteiger partial charge in [0.1, 0.15) is 5.75 Å². The van der Waals surface area contributed by atoms with Crippen LogP contribution >= 0.6 is 46.4 Å². The summed E-state index contributed by atoms with van der Waals surface area (Å²) in [5, 5.41) is 0. The number of hydrogen-bond acceptors (Lipinski definition) is 6. The Morgan fingerprint density at radius 1 is 1.03 bits per heavy atom. The number of methoxy groups -OCH3 is 1. The molecular formula is C23H23Cl4F3N4O4.